The zero-order chi connectivity index (χ0) is 20.4. The quantitative estimate of drug-likeness (QED) is 0.180. The minimum absolute atomic E-state index is 0.0382. The number of aliphatic hydroxyl groups is 2. The lowest BCUT2D eigenvalue weighted by molar-refractivity contribution is -0.313. The van der Waals surface area contributed by atoms with Crippen molar-refractivity contribution in [2.24, 2.45) is 0 Å². The molecule has 2 N–H and O–H groups in total. The Morgan fingerprint density at radius 3 is 0.963 bits per heavy atom. The summed E-state index contributed by atoms with van der Waals surface area (Å²) in [4.78, 5) is 0. The third-order valence-electron chi connectivity index (χ3n) is 5.34. The summed E-state index contributed by atoms with van der Waals surface area (Å²) in [6, 6.07) is 0. The van der Waals surface area contributed by atoms with Gasteiger partial charge < -0.3 is 19.7 Å². The third-order valence-corrected chi connectivity index (χ3v) is 5.34. The molecule has 164 valence electrons. The van der Waals surface area contributed by atoms with Crippen LogP contribution in [-0.2, 0) is 9.47 Å². The molecular weight excluding hydrogens is 340 g/mol. The van der Waals surface area contributed by atoms with E-state index in [1.54, 1.807) is 0 Å². The summed E-state index contributed by atoms with van der Waals surface area (Å²) in [5, 5.41) is 21.8. The van der Waals surface area contributed by atoms with Crippen LogP contribution in [0.5, 0.6) is 0 Å². The number of ether oxygens (including phenoxy) is 2. The highest BCUT2D eigenvalue weighted by molar-refractivity contribution is 4.70. The summed E-state index contributed by atoms with van der Waals surface area (Å²) in [5.41, 5.74) is 0. The first kappa shape index (κ1) is 26.8. The van der Waals surface area contributed by atoms with E-state index in [1.807, 2.05) is 0 Å². The Kier molecular flexibility index (Phi) is 16.7. The van der Waals surface area contributed by atoms with Crippen LogP contribution in [0.4, 0.5) is 0 Å². The molecule has 27 heavy (non-hydrogen) atoms. The summed E-state index contributed by atoms with van der Waals surface area (Å²) in [6.07, 6.45) is 15.2. The molecule has 4 heteroatoms. The lowest BCUT2D eigenvalue weighted by Crippen LogP contribution is -2.38. The molecule has 0 bridgehead atoms. The van der Waals surface area contributed by atoms with E-state index in [2.05, 4.69) is 27.7 Å². The van der Waals surface area contributed by atoms with Crippen molar-refractivity contribution in [2.75, 3.05) is 6.79 Å². The van der Waals surface area contributed by atoms with Gasteiger partial charge in [0, 0.05) is 25.7 Å². The van der Waals surface area contributed by atoms with E-state index in [1.165, 1.54) is 0 Å². The van der Waals surface area contributed by atoms with Gasteiger partial charge in [0.25, 0.3) is 0 Å². The van der Waals surface area contributed by atoms with Crippen LogP contribution in [0.3, 0.4) is 0 Å². The Bertz CT molecular complexity index is 270. The van der Waals surface area contributed by atoms with Gasteiger partial charge in [-0.1, -0.05) is 79.1 Å². The fraction of sp³-hybridized carbons (Fsp3) is 1.00. The van der Waals surface area contributed by atoms with Crippen molar-refractivity contribution in [1.82, 2.24) is 0 Å². The lowest BCUT2D eigenvalue weighted by Gasteiger charge is -2.33. The van der Waals surface area contributed by atoms with E-state index in [9.17, 15) is 10.2 Å². The second kappa shape index (κ2) is 16.8. The molecule has 0 spiro atoms. The van der Waals surface area contributed by atoms with Crippen molar-refractivity contribution in [3.05, 3.63) is 0 Å². The maximum Gasteiger partial charge on any atom is 0.168 e. The van der Waals surface area contributed by atoms with Crippen molar-refractivity contribution < 1.29 is 19.7 Å². The first-order valence-corrected chi connectivity index (χ1v) is 11.7. The topological polar surface area (TPSA) is 58.9 Å². The molecule has 0 unspecified atom stereocenters. The van der Waals surface area contributed by atoms with Gasteiger partial charge in [0.2, 0.25) is 0 Å². The zero-order valence-corrected chi connectivity index (χ0v) is 18.7. The highest BCUT2D eigenvalue weighted by atomic mass is 16.8. The molecule has 0 rings (SSSR count). The summed E-state index contributed by atoms with van der Waals surface area (Å²) in [7, 11) is 0. The average molecular weight is 389 g/mol. The molecule has 4 nitrogen and oxygen atoms in total. The number of hydrogen-bond acceptors (Lipinski definition) is 4. The molecule has 0 heterocycles. The van der Waals surface area contributed by atoms with Crippen molar-refractivity contribution in [3.8, 4) is 0 Å². The molecule has 0 aliphatic heterocycles. The standard InChI is InChI=1S/C23H48O4/c1-5-9-13-17-22(24,18-14-10-6-2)26-21-27-23(25,19-15-11-7-3)20-16-12-8-4/h24-25H,5-21H2,1-4H3. The minimum atomic E-state index is -1.13. The smallest absolute Gasteiger partial charge is 0.168 e. The van der Waals surface area contributed by atoms with Crippen LogP contribution in [-0.4, -0.2) is 28.6 Å². The van der Waals surface area contributed by atoms with Gasteiger partial charge in [-0.2, -0.15) is 0 Å². The molecule has 0 saturated carbocycles. The fourth-order valence-electron chi connectivity index (χ4n) is 3.39. The molecule has 0 aromatic rings. The number of unbranched alkanes of at least 4 members (excludes halogenated alkanes) is 8. The van der Waals surface area contributed by atoms with Crippen LogP contribution in [0, 0.1) is 0 Å². The second-order valence-electron chi connectivity index (χ2n) is 8.13. The molecule has 0 atom stereocenters. The summed E-state index contributed by atoms with van der Waals surface area (Å²) in [5.74, 6) is -2.25. The molecule has 0 fully saturated rings. The second-order valence-corrected chi connectivity index (χ2v) is 8.13. The van der Waals surface area contributed by atoms with Gasteiger partial charge in [-0.15, -0.1) is 0 Å². The van der Waals surface area contributed by atoms with Crippen LogP contribution in [0.1, 0.15) is 130 Å². The highest BCUT2D eigenvalue weighted by Crippen LogP contribution is 2.27. The molecular formula is C23H48O4. The fourth-order valence-corrected chi connectivity index (χ4v) is 3.39. The van der Waals surface area contributed by atoms with Crippen molar-refractivity contribution >= 4 is 0 Å². The molecule has 0 aromatic carbocycles. The minimum Gasteiger partial charge on any atom is -0.365 e. The van der Waals surface area contributed by atoms with E-state index in [-0.39, 0.29) is 6.79 Å². The third kappa shape index (κ3) is 14.5. The van der Waals surface area contributed by atoms with Crippen LogP contribution >= 0.6 is 0 Å². The van der Waals surface area contributed by atoms with Gasteiger partial charge >= 0.3 is 0 Å². The van der Waals surface area contributed by atoms with Crippen molar-refractivity contribution in [1.29, 1.82) is 0 Å². The van der Waals surface area contributed by atoms with Crippen LogP contribution < -0.4 is 0 Å². The SMILES string of the molecule is CCCCCC(O)(CCCCC)OCOC(O)(CCCCC)CCCCC. The zero-order valence-electron chi connectivity index (χ0n) is 18.7. The molecule has 0 amide bonds. The maximum absolute atomic E-state index is 10.9. The van der Waals surface area contributed by atoms with Gasteiger partial charge in [0.05, 0.1) is 0 Å². The van der Waals surface area contributed by atoms with Gasteiger partial charge in [-0.05, 0) is 25.7 Å². The van der Waals surface area contributed by atoms with Gasteiger partial charge in [-0.3, -0.25) is 0 Å². The predicted octanol–water partition coefficient (Wildman–Crippen LogP) is 6.68. The van der Waals surface area contributed by atoms with Crippen molar-refractivity contribution in [3.63, 3.8) is 0 Å². The van der Waals surface area contributed by atoms with Gasteiger partial charge in [0.15, 0.2) is 18.4 Å². The first-order valence-electron chi connectivity index (χ1n) is 11.7. The Labute approximate surface area is 169 Å². The Morgan fingerprint density at radius 2 is 0.741 bits per heavy atom. The van der Waals surface area contributed by atoms with E-state index in [4.69, 9.17) is 9.47 Å². The molecule has 0 radical (unpaired) electrons. The van der Waals surface area contributed by atoms with Crippen LogP contribution in [0.15, 0.2) is 0 Å². The Hall–Kier alpha value is -0.160. The summed E-state index contributed by atoms with van der Waals surface area (Å²) < 4.78 is 11.6. The summed E-state index contributed by atoms with van der Waals surface area (Å²) in [6.45, 7) is 8.60. The molecule has 0 aromatic heterocycles. The number of hydrogen-bond donors (Lipinski definition) is 2. The monoisotopic (exact) mass is 388 g/mol. The average Bonchev–Trinajstić information content (AvgIpc) is 2.63. The van der Waals surface area contributed by atoms with Gasteiger partial charge in [0.1, 0.15) is 0 Å². The first-order chi connectivity index (χ1) is 12.9. The Morgan fingerprint density at radius 1 is 0.481 bits per heavy atom. The largest absolute Gasteiger partial charge is 0.365 e. The van der Waals surface area contributed by atoms with Crippen molar-refractivity contribution in [2.45, 2.75) is 142 Å². The maximum atomic E-state index is 10.9. The van der Waals surface area contributed by atoms with Crippen LogP contribution in [0.25, 0.3) is 0 Å². The summed E-state index contributed by atoms with van der Waals surface area (Å²) >= 11 is 0. The lowest BCUT2D eigenvalue weighted by atomic mass is 10.0. The Balaban J connectivity index is 4.60. The van der Waals surface area contributed by atoms with Gasteiger partial charge in [-0.25, -0.2) is 0 Å². The normalized spacial score (nSPS) is 12.7. The predicted molar refractivity (Wildman–Crippen MR) is 114 cm³/mol. The molecule has 0 aliphatic carbocycles. The number of rotatable bonds is 20. The van der Waals surface area contributed by atoms with Crippen LogP contribution in [0.2, 0.25) is 0 Å². The van der Waals surface area contributed by atoms with E-state index >= 15 is 0 Å². The molecule has 0 aliphatic rings. The van der Waals surface area contributed by atoms with E-state index in [0.29, 0.717) is 25.7 Å². The highest BCUT2D eigenvalue weighted by Gasteiger charge is 2.31. The van der Waals surface area contributed by atoms with E-state index in [0.717, 1.165) is 77.0 Å². The molecule has 0 saturated heterocycles. The van der Waals surface area contributed by atoms with E-state index < -0.39 is 11.6 Å².